The molecule has 0 aromatic carbocycles. The Morgan fingerprint density at radius 2 is 2.20 bits per heavy atom. The van der Waals surface area contributed by atoms with Gasteiger partial charge in [0.1, 0.15) is 4.75 Å². The van der Waals surface area contributed by atoms with Crippen LogP contribution in [-0.4, -0.2) is 59.4 Å². The van der Waals surface area contributed by atoms with Crippen LogP contribution in [0, 0.1) is 12.8 Å². The molecule has 0 saturated carbocycles. The Kier molecular flexibility index (Phi) is 4.99. The van der Waals surface area contributed by atoms with E-state index in [1.165, 1.54) is 0 Å². The lowest BCUT2D eigenvalue weighted by molar-refractivity contribution is -0.137. The number of sulfone groups is 1. The van der Waals surface area contributed by atoms with Gasteiger partial charge in [-0.3, -0.25) is 4.79 Å². The molecule has 1 aromatic rings. The number of aromatic nitrogens is 2. The fraction of sp³-hybridized carbons (Fsp3) is 0.706. The molecular formula is C17H25N3O4S. The molecule has 0 bridgehead atoms. The number of carbonyl (C=O) groups is 1. The molecule has 0 aliphatic carbocycles. The topological polar surface area (TPSA) is 89.5 Å². The van der Waals surface area contributed by atoms with E-state index in [4.69, 9.17) is 4.74 Å². The summed E-state index contributed by atoms with van der Waals surface area (Å²) in [5, 5.41) is 0. The summed E-state index contributed by atoms with van der Waals surface area (Å²) in [6.45, 7) is 4.73. The molecular weight excluding hydrogens is 342 g/mol. The molecule has 1 unspecified atom stereocenters. The van der Waals surface area contributed by atoms with Crippen LogP contribution in [0.3, 0.4) is 0 Å². The maximum absolute atomic E-state index is 12.6. The Morgan fingerprint density at radius 3 is 2.88 bits per heavy atom. The van der Waals surface area contributed by atoms with E-state index in [1.807, 2.05) is 13.8 Å². The highest BCUT2D eigenvalue weighted by Crippen LogP contribution is 2.45. The summed E-state index contributed by atoms with van der Waals surface area (Å²) >= 11 is 0. The van der Waals surface area contributed by atoms with Gasteiger partial charge in [-0.15, -0.1) is 0 Å². The van der Waals surface area contributed by atoms with Crippen molar-refractivity contribution >= 4 is 15.7 Å². The van der Waals surface area contributed by atoms with Crippen molar-refractivity contribution in [1.29, 1.82) is 0 Å². The number of aryl methyl sites for hydroxylation is 1. The van der Waals surface area contributed by atoms with Gasteiger partial charge >= 0.3 is 6.01 Å². The normalized spacial score (nSPS) is 23.4. The average Bonchev–Trinajstić information content (AvgIpc) is 2.80. The number of nitrogens with zero attached hydrogens (tertiary/aromatic N) is 3. The number of hydrogen-bond donors (Lipinski definition) is 0. The third-order valence-corrected chi connectivity index (χ3v) is 7.90. The number of carbonyl (C=O) groups excluding carboxylic acids is 1. The second-order valence-corrected chi connectivity index (χ2v) is 9.46. The molecule has 0 radical (unpaired) electrons. The van der Waals surface area contributed by atoms with Crippen LogP contribution in [0.4, 0.5) is 0 Å². The summed E-state index contributed by atoms with van der Waals surface area (Å²) in [6, 6.07) is 2.05. The van der Waals surface area contributed by atoms with E-state index in [0.717, 1.165) is 18.5 Å². The number of rotatable bonds is 6. The highest BCUT2D eigenvalue weighted by molar-refractivity contribution is 7.93. The lowest BCUT2D eigenvalue weighted by Crippen LogP contribution is -2.68. The number of ether oxygens (including phenoxy) is 1. The van der Waals surface area contributed by atoms with Gasteiger partial charge in [0, 0.05) is 37.3 Å². The van der Waals surface area contributed by atoms with Crippen LogP contribution in [0.1, 0.15) is 38.3 Å². The van der Waals surface area contributed by atoms with E-state index >= 15 is 0 Å². The molecule has 1 aromatic heterocycles. The zero-order chi connectivity index (χ0) is 18.1. The molecule has 1 amide bonds. The molecule has 2 saturated heterocycles. The Hall–Kier alpha value is -1.70. The minimum atomic E-state index is -3.21. The first-order valence-corrected chi connectivity index (χ1v) is 10.5. The molecule has 1 atom stereocenters. The monoisotopic (exact) mass is 367 g/mol. The lowest BCUT2D eigenvalue weighted by Gasteiger charge is -2.49. The van der Waals surface area contributed by atoms with Gasteiger partial charge in [0.25, 0.3) is 0 Å². The van der Waals surface area contributed by atoms with Crippen molar-refractivity contribution < 1.29 is 17.9 Å². The number of likely N-dealkylation sites (tertiary alicyclic amines) is 1. The first-order chi connectivity index (χ1) is 11.9. The highest BCUT2D eigenvalue weighted by Gasteiger charge is 2.62. The Balaban J connectivity index is 1.65. The van der Waals surface area contributed by atoms with E-state index in [9.17, 15) is 13.2 Å². The van der Waals surface area contributed by atoms with Gasteiger partial charge in [0.2, 0.25) is 5.91 Å². The van der Waals surface area contributed by atoms with Crippen LogP contribution >= 0.6 is 0 Å². The van der Waals surface area contributed by atoms with E-state index in [0.29, 0.717) is 25.9 Å². The summed E-state index contributed by atoms with van der Waals surface area (Å²) in [5.74, 6) is 0.0836. The van der Waals surface area contributed by atoms with Crippen molar-refractivity contribution in [1.82, 2.24) is 14.9 Å². The molecule has 2 aliphatic rings. The molecule has 3 rings (SSSR count). The third kappa shape index (κ3) is 3.36. The lowest BCUT2D eigenvalue weighted by atomic mass is 9.83. The maximum atomic E-state index is 12.6. The minimum absolute atomic E-state index is 0.0521. The predicted octanol–water partition coefficient (Wildman–Crippen LogP) is 1.37. The van der Waals surface area contributed by atoms with Crippen LogP contribution in [0.15, 0.2) is 12.3 Å². The summed E-state index contributed by atoms with van der Waals surface area (Å²) in [7, 11) is -3.21. The van der Waals surface area contributed by atoms with E-state index in [2.05, 4.69) is 9.97 Å². The van der Waals surface area contributed by atoms with Crippen molar-refractivity contribution in [3.05, 3.63) is 18.0 Å². The van der Waals surface area contributed by atoms with Gasteiger partial charge in [0.15, 0.2) is 9.84 Å². The van der Waals surface area contributed by atoms with Crippen LogP contribution in [0.2, 0.25) is 0 Å². The van der Waals surface area contributed by atoms with Gasteiger partial charge < -0.3 is 9.64 Å². The van der Waals surface area contributed by atoms with Crippen molar-refractivity contribution in [2.24, 2.45) is 5.92 Å². The van der Waals surface area contributed by atoms with Gasteiger partial charge in [0.05, 0.1) is 12.4 Å². The standard InChI is InChI=1S/C17H25N3O4S/c1-3-4-5-15(21)20-11-17(12-20)14(7-9-25(17,22)23)10-24-16-18-8-6-13(2)19-16/h6,8,14H,3-5,7,9-12H2,1-2H3. The SMILES string of the molecule is CCCCC(=O)N1CC2(C1)C(COc1nccc(C)n1)CCS2(=O)=O. The number of amides is 1. The Bertz CT molecular complexity index is 744. The maximum Gasteiger partial charge on any atom is 0.316 e. The molecule has 7 nitrogen and oxygen atoms in total. The van der Waals surface area contributed by atoms with Crippen molar-refractivity contribution in [2.75, 3.05) is 25.4 Å². The fourth-order valence-electron chi connectivity index (χ4n) is 3.64. The van der Waals surface area contributed by atoms with E-state index < -0.39 is 14.6 Å². The highest BCUT2D eigenvalue weighted by atomic mass is 32.2. The van der Waals surface area contributed by atoms with Gasteiger partial charge in [-0.1, -0.05) is 13.3 Å². The number of hydrogen-bond acceptors (Lipinski definition) is 6. The Morgan fingerprint density at radius 1 is 1.44 bits per heavy atom. The van der Waals surface area contributed by atoms with Crippen molar-refractivity contribution in [2.45, 2.75) is 44.3 Å². The molecule has 0 N–H and O–H groups in total. The number of unbranched alkanes of at least 4 members (excludes halogenated alkanes) is 1. The second-order valence-electron chi connectivity index (χ2n) is 7.01. The summed E-state index contributed by atoms with van der Waals surface area (Å²) in [4.78, 5) is 22.1. The zero-order valence-electron chi connectivity index (χ0n) is 14.8. The predicted molar refractivity (Wildman–Crippen MR) is 93.0 cm³/mol. The van der Waals surface area contributed by atoms with Crippen molar-refractivity contribution in [3.63, 3.8) is 0 Å². The zero-order valence-corrected chi connectivity index (χ0v) is 15.6. The van der Waals surface area contributed by atoms with E-state index in [1.54, 1.807) is 17.2 Å². The molecule has 25 heavy (non-hydrogen) atoms. The van der Waals surface area contributed by atoms with Crippen LogP contribution in [0.25, 0.3) is 0 Å². The van der Waals surface area contributed by atoms with Crippen LogP contribution in [0.5, 0.6) is 6.01 Å². The second kappa shape index (κ2) is 6.90. The fourth-order valence-corrected chi connectivity index (χ4v) is 6.04. The largest absolute Gasteiger partial charge is 0.463 e. The summed E-state index contributed by atoms with van der Waals surface area (Å²) in [5.41, 5.74) is 0.801. The molecule has 8 heteroatoms. The minimum Gasteiger partial charge on any atom is -0.463 e. The molecule has 2 fully saturated rings. The molecule has 1 spiro atoms. The molecule has 3 heterocycles. The quantitative estimate of drug-likeness (QED) is 0.754. The Labute approximate surface area is 148 Å². The molecule has 138 valence electrons. The van der Waals surface area contributed by atoms with E-state index in [-0.39, 0.29) is 30.2 Å². The first kappa shape index (κ1) is 18.1. The van der Waals surface area contributed by atoms with Gasteiger partial charge in [-0.2, -0.15) is 0 Å². The van der Waals surface area contributed by atoms with Crippen LogP contribution in [-0.2, 0) is 14.6 Å². The summed E-state index contributed by atoms with van der Waals surface area (Å²) < 4.78 is 30.0. The molecule has 2 aliphatic heterocycles. The van der Waals surface area contributed by atoms with Gasteiger partial charge in [-0.25, -0.2) is 18.4 Å². The van der Waals surface area contributed by atoms with Crippen LogP contribution < -0.4 is 4.74 Å². The summed E-state index contributed by atoms with van der Waals surface area (Å²) in [6.07, 6.45) is 4.47. The van der Waals surface area contributed by atoms with Gasteiger partial charge in [-0.05, 0) is 25.8 Å². The first-order valence-electron chi connectivity index (χ1n) is 8.80. The smallest absolute Gasteiger partial charge is 0.316 e. The third-order valence-electron chi connectivity index (χ3n) is 5.30. The average molecular weight is 367 g/mol. The van der Waals surface area contributed by atoms with Crippen molar-refractivity contribution in [3.8, 4) is 6.01 Å².